The summed E-state index contributed by atoms with van der Waals surface area (Å²) in [6, 6.07) is 16.5. The lowest BCUT2D eigenvalue weighted by atomic mass is 10.1. The van der Waals surface area contributed by atoms with Crippen molar-refractivity contribution < 1.29 is 4.74 Å². The molecule has 0 saturated carbocycles. The van der Waals surface area contributed by atoms with Crippen LogP contribution in [0.3, 0.4) is 0 Å². The third-order valence-corrected chi connectivity index (χ3v) is 4.17. The van der Waals surface area contributed by atoms with Gasteiger partial charge in [-0.3, -0.25) is 0 Å². The van der Waals surface area contributed by atoms with Crippen LogP contribution in [-0.2, 0) is 19.4 Å². The van der Waals surface area contributed by atoms with E-state index in [1.54, 1.807) is 0 Å². The lowest BCUT2D eigenvalue weighted by molar-refractivity contribution is 0.299. The van der Waals surface area contributed by atoms with E-state index in [2.05, 4.69) is 42.3 Å². The van der Waals surface area contributed by atoms with Crippen molar-refractivity contribution in [3.05, 3.63) is 72.6 Å². The number of benzene rings is 2. The highest BCUT2D eigenvalue weighted by atomic mass is 16.5. The number of nitrogens with zero attached hydrogens (tertiary/aromatic N) is 2. The molecule has 0 spiro atoms. The quantitative estimate of drug-likeness (QED) is 0.440. The Morgan fingerprint density at radius 3 is 2.75 bits per heavy atom. The van der Waals surface area contributed by atoms with E-state index in [1.165, 1.54) is 11.1 Å². The van der Waals surface area contributed by atoms with Gasteiger partial charge in [0.2, 0.25) is 0 Å². The molecular weight excluding hydrogens is 296 g/mol. The predicted molar refractivity (Wildman–Crippen MR) is 99.6 cm³/mol. The van der Waals surface area contributed by atoms with Crippen LogP contribution in [0.5, 0.6) is 5.75 Å². The topological polar surface area (TPSA) is 27.1 Å². The minimum absolute atomic E-state index is 0.698. The van der Waals surface area contributed by atoms with Crippen molar-refractivity contribution in [2.24, 2.45) is 0 Å². The average molecular weight is 320 g/mol. The van der Waals surface area contributed by atoms with Crippen LogP contribution in [0.25, 0.3) is 11.0 Å². The zero-order chi connectivity index (χ0) is 16.8. The summed E-state index contributed by atoms with van der Waals surface area (Å²) >= 11 is 0. The van der Waals surface area contributed by atoms with E-state index in [0.717, 1.165) is 42.9 Å². The molecule has 0 atom stereocenters. The number of allylic oxidation sites excluding steroid dienone is 1. The van der Waals surface area contributed by atoms with Crippen LogP contribution >= 0.6 is 0 Å². The van der Waals surface area contributed by atoms with Gasteiger partial charge in [0.15, 0.2) is 0 Å². The standard InChI is InChI=1S/C21H24N2O/c1-3-10-17-11-5-8-14-20(17)24-16-9-15-23-19-13-7-6-12-18(19)22-21(23)4-2/h3,5-8,11-14H,1,4,9-10,15-16H2,2H3. The summed E-state index contributed by atoms with van der Waals surface area (Å²) in [7, 11) is 0. The molecule has 0 bridgehead atoms. The van der Waals surface area contributed by atoms with Crippen LogP contribution in [-0.4, -0.2) is 16.2 Å². The van der Waals surface area contributed by atoms with Crippen LogP contribution in [0.15, 0.2) is 61.2 Å². The largest absolute Gasteiger partial charge is 0.493 e. The van der Waals surface area contributed by atoms with Crippen LogP contribution in [0.1, 0.15) is 24.7 Å². The Kier molecular flexibility index (Phi) is 5.32. The van der Waals surface area contributed by atoms with Crippen molar-refractivity contribution in [2.75, 3.05) is 6.61 Å². The third-order valence-electron chi connectivity index (χ3n) is 4.17. The van der Waals surface area contributed by atoms with E-state index < -0.39 is 0 Å². The average Bonchev–Trinajstić information content (AvgIpc) is 2.98. The molecule has 0 aliphatic heterocycles. The van der Waals surface area contributed by atoms with Crippen molar-refractivity contribution in [3.63, 3.8) is 0 Å². The molecule has 124 valence electrons. The lowest BCUT2D eigenvalue weighted by Gasteiger charge is -2.12. The summed E-state index contributed by atoms with van der Waals surface area (Å²) in [5.74, 6) is 2.10. The van der Waals surface area contributed by atoms with Gasteiger partial charge in [-0.2, -0.15) is 0 Å². The van der Waals surface area contributed by atoms with Gasteiger partial charge in [-0.15, -0.1) is 6.58 Å². The number of rotatable bonds is 8. The second-order valence-corrected chi connectivity index (χ2v) is 5.82. The fourth-order valence-electron chi connectivity index (χ4n) is 3.02. The van der Waals surface area contributed by atoms with Crippen LogP contribution < -0.4 is 4.74 Å². The number of fused-ring (bicyclic) bond motifs is 1. The maximum absolute atomic E-state index is 5.99. The van der Waals surface area contributed by atoms with E-state index in [9.17, 15) is 0 Å². The molecule has 0 fully saturated rings. The normalized spacial score (nSPS) is 10.9. The van der Waals surface area contributed by atoms with Crippen molar-refractivity contribution in [2.45, 2.75) is 32.7 Å². The van der Waals surface area contributed by atoms with Gasteiger partial charge in [-0.05, 0) is 36.6 Å². The highest BCUT2D eigenvalue weighted by Crippen LogP contribution is 2.20. The summed E-state index contributed by atoms with van der Waals surface area (Å²) in [5.41, 5.74) is 3.47. The van der Waals surface area contributed by atoms with Crippen molar-refractivity contribution in [3.8, 4) is 5.75 Å². The monoisotopic (exact) mass is 320 g/mol. The van der Waals surface area contributed by atoms with E-state index in [0.29, 0.717) is 6.61 Å². The molecule has 0 amide bonds. The summed E-state index contributed by atoms with van der Waals surface area (Å²) in [6.07, 6.45) is 4.64. The first-order valence-corrected chi connectivity index (χ1v) is 8.59. The summed E-state index contributed by atoms with van der Waals surface area (Å²) in [6.45, 7) is 7.58. The molecule has 0 saturated heterocycles. The summed E-state index contributed by atoms with van der Waals surface area (Å²) < 4.78 is 8.31. The smallest absolute Gasteiger partial charge is 0.122 e. The Hall–Kier alpha value is -2.55. The van der Waals surface area contributed by atoms with Crippen LogP contribution in [0.4, 0.5) is 0 Å². The van der Waals surface area contributed by atoms with Crippen LogP contribution in [0.2, 0.25) is 0 Å². The molecule has 2 aromatic carbocycles. The van der Waals surface area contributed by atoms with Gasteiger partial charge >= 0.3 is 0 Å². The van der Waals surface area contributed by atoms with E-state index >= 15 is 0 Å². The molecular formula is C21H24N2O. The number of aromatic nitrogens is 2. The van der Waals surface area contributed by atoms with E-state index in [-0.39, 0.29) is 0 Å². The van der Waals surface area contributed by atoms with Gasteiger partial charge in [0, 0.05) is 13.0 Å². The van der Waals surface area contributed by atoms with Gasteiger partial charge in [-0.25, -0.2) is 4.98 Å². The molecule has 3 nitrogen and oxygen atoms in total. The zero-order valence-electron chi connectivity index (χ0n) is 14.2. The first-order chi connectivity index (χ1) is 11.8. The second kappa shape index (κ2) is 7.82. The zero-order valence-corrected chi connectivity index (χ0v) is 14.2. The number of ether oxygens (including phenoxy) is 1. The van der Waals surface area contributed by atoms with Crippen molar-refractivity contribution in [1.82, 2.24) is 9.55 Å². The second-order valence-electron chi connectivity index (χ2n) is 5.82. The minimum Gasteiger partial charge on any atom is -0.493 e. The SMILES string of the molecule is C=CCc1ccccc1OCCCn1c(CC)nc2ccccc21. The molecule has 0 aliphatic rings. The Balaban J connectivity index is 1.64. The number of aryl methyl sites for hydroxylation is 2. The highest BCUT2D eigenvalue weighted by molar-refractivity contribution is 5.75. The maximum atomic E-state index is 5.99. The number of hydrogen-bond acceptors (Lipinski definition) is 2. The van der Waals surface area contributed by atoms with Crippen molar-refractivity contribution >= 4 is 11.0 Å². The van der Waals surface area contributed by atoms with Gasteiger partial charge in [0.05, 0.1) is 17.6 Å². The third kappa shape index (κ3) is 3.51. The first kappa shape index (κ1) is 16.3. The van der Waals surface area contributed by atoms with Crippen molar-refractivity contribution in [1.29, 1.82) is 0 Å². The van der Waals surface area contributed by atoms with Crippen LogP contribution in [0, 0.1) is 0 Å². The van der Waals surface area contributed by atoms with E-state index in [4.69, 9.17) is 9.72 Å². The Morgan fingerprint density at radius 2 is 1.92 bits per heavy atom. The molecule has 3 heteroatoms. The summed E-state index contributed by atoms with van der Waals surface area (Å²) in [5, 5.41) is 0. The van der Waals surface area contributed by atoms with E-state index in [1.807, 2.05) is 30.3 Å². The fourth-order valence-corrected chi connectivity index (χ4v) is 3.02. The first-order valence-electron chi connectivity index (χ1n) is 8.59. The van der Waals surface area contributed by atoms with Gasteiger partial charge in [0.25, 0.3) is 0 Å². The molecule has 0 N–H and O–H groups in total. The number of imidazole rings is 1. The molecule has 1 heterocycles. The molecule has 0 radical (unpaired) electrons. The molecule has 3 aromatic rings. The molecule has 3 rings (SSSR count). The Labute approximate surface area is 143 Å². The minimum atomic E-state index is 0.698. The molecule has 0 aliphatic carbocycles. The Bertz CT molecular complexity index is 820. The Morgan fingerprint density at radius 1 is 1.12 bits per heavy atom. The molecule has 1 aromatic heterocycles. The lowest BCUT2D eigenvalue weighted by Crippen LogP contribution is -2.08. The number of para-hydroxylation sites is 3. The van der Waals surface area contributed by atoms with Gasteiger partial charge in [0.1, 0.15) is 11.6 Å². The molecule has 24 heavy (non-hydrogen) atoms. The molecule has 0 unspecified atom stereocenters. The highest BCUT2D eigenvalue weighted by Gasteiger charge is 2.08. The fraction of sp³-hybridized carbons (Fsp3) is 0.286. The van der Waals surface area contributed by atoms with Gasteiger partial charge < -0.3 is 9.30 Å². The number of hydrogen-bond donors (Lipinski definition) is 0. The predicted octanol–water partition coefficient (Wildman–Crippen LogP) is 4.80. The summed E-state index contributed by atoms with van der Waals surface area (Å²) in [4.78, 5) is 4.72. The maximum Gasteiger partial charge on any atom is 0.122 e. The van der Waals surface area contributed by atoms with Gasteiger partial charge in [-0.1, -0.05) is 43.3 Å².